The Hall–Kier alpha value is -2.88. The predicted octanol–water partition coefficient (Wildman–Crippen LogP) is 2.66. The summed E-state index contributed by atoms with van der Waals surface area (Å²) in [6.07, 6.45) is 1.09. The number of halogens is 1. The Kier molecular flexibility index (Phi) is 6.53. The summed E-state index contributed by atoms with van der Waals surface area (Å²) in [5, 5.41) is 13.5. The average Bonchev–Trinajstić information content (AvgIpc) is 3.21. The van der Waals surface area contributed by atoms with E-state index in [9.17, 15) is 14.9 Å². The van der Waals surface area contributed by atoms with Crippen molar-refractivity contribution in [1.29, 1.82) is 5.26 Å². The summed E-state index contributed by atoms with van der Waals surface area (Å²) >= 11 is 5.96. The maximum absolute atomic E-state index is 13.2. The van der Waals surface area contributed by atoms with E-state index >= 15 is 0 Å². The van der Waals surface area contributed by atoms with E-state index in [1.165, 1.54) is 6.07 Å². The molecule has 7 heteroatoms. The van der Waals surface area contributed by atoms with Crippen molar-refractivity contribution in [3.63, 3.8) is 0 Å². The highest BCUT2D eigenvalue weighted by molar-refractivity contribution is 6.31. The number of aryl methyl sites for hydroxylation is 1. The quantitative estimate of drug-likeness (QED) is 0.732. The van der Waals surface area contributed by atoms with Gasteiger partial charge in [0, 0.05) is 30.1 Å². The van der Waals surface area contributed by atoms with Gasteiger partial charge in [0.05, 0.1) is 6.07 Å². The molecule has 0 spiro atoms. The second kappa shape index (κ2) is 9.08. The molecule has 1 unspecified atom stereocenters. The minimum Gasteiger partial charge on any atom is -0.366 e. The lowest BCUT2D eigenvalue weighted by molar-refractivity contribution is -0.136. The maximum Gasteiger partial charge on any atom is 0.249 e. The van der Waals surface area contributed by atoms with E-state index in [0.717, 1.165) is 5.56 Å². The van der Waals surface area contributed by atoms with Crippen LogP contribution in [0.1, 0.15) is 34.3 Å². The number of primary amides is 1. The van der Waals surface area contributed by atoms with Crippen molar-refractivity contribution >= 4 is 23.4 Å². The van der Waals surface area contributed by atoms with Crippen LogP contribution in [0.15, 0.2) is 48.5 Å². The second-order valence-corrected chi connectivity index (χ2v) is 7.64. The van der Waals surface area contributed by atoms with Crippen molar-refractivity contribution in [3.8, 4) is 6.07 Å². The Balaban J connectivity index is 1.82. The molecule has 0 saturated carbocycles. The van der Waals surface area contributed by atoms with Gasteiger partial charge in [-0.15, -0.1) is 0 Å². The van der Waals surface area contributed by atoms with Crippen molar-refractivity contribution in [2.24, 2.45) is 5.73 Å². The van der Waals surface area contributed by atoms with E-state index in [0.29, 0.717) is 48.6 Å². The lowest BCUT2D eigenvalue weighted by Gasteiger charge is -2.35. The molecule has 0 radical (unpaired) electrons. The van der Waals surface area contributed by atoms with Gasteiger partial charge in [-0.3, -0.25) is 9.59 Å². The average molecular weight is 411 g/mol. The topological polar surface area (TPSA) is 99.2 Å². The van der Waals surface area contributed by atoms with Crippen LogP contribution < -0.4 is 11.1 Å². The number of rotatable bonds is 7. The molecule has 1 atom stereocenters. The number of hydrogen-bond donors (Lipinski definition) is 2. The third kappa shape index (κ3) is 4.76. The smallest absolute Gasteiger partial charge is 0.249 e. The van der Waals surface area contributed by atoms with E-state index < -0.39 is 11.4 Å². The molecule has 2 aromatic carbocycles. The van der Waals surface area contributed by atoms with Gasteiger partial charge < -0.3 is 16.0 Å². The zero-order valence-corrected chi connectivity index (χ0v) is 16.8. The van der Waals surface area contributed by atoms with Gasteiger partial charge in [-0.05, 0) is 42.6 Å². The molecule has 29 heavy (non-hydrogen) atoms. The van der Waals surface area contributed by atoms with Crippen LogP contribution in [0.25, 0.3) is 0 Å². The van der Waals surface area contributed by atoms with Crippen LogP contribution in [0.2, 0.25) is 5.02 Å². The van der Waals surface area contributed by atoms with Gasteiger partial charge in [0.15, 0.2) is 0 Å². The second-order valence-electron chi connectivity index (χ2n) is 7.20. The lowest BCUT2D eigenvalue weighted by atomic mass is 9.95. The Morgan fingerprint density at radius 2 is 2.00 bits per heavy atom. The Morgan fingerprint density at radius 1 is 1.24 bits per heavy atom. The first-order chi connectivity index (χ1) is 13.9. The fourth-order valence-corrected chi connectivity index (χ4v) is 3.85. The van der Waals surface area contributed by atoms with Gasteiger partial charge in [-0.25, -0.2) is 0 Å². The third-order valence-corrected chi connectivity index (χ3v) is 5.52. The SMILES string of the molecule is N#CC1(N(Cc2ccccc2)C(=O)CCc2ccc(Cl)cc2C(N)=O)CCNC1. The molecule has 3 N–H and O–H groups in total. The predicted molar refractivity (Wildman–Crippen MR) is 111 cm³/mol. The summed E-state index contributed by atoms with van der Waals surface area (Å²) in [5.74, 6) is -0.714. The van der Waals surface area contributed by atoms with Gasteiger partial charge in [-0.2, -0.15) is 5.26 Å². The molecule has 1 saturated heterocycles. The molecular weight excluding hydrogens is 388 g/mol. The Labute approximate surface area is 175 Å². The fourth-order valence-electron chi connectivity index (χ4n) is 3.68. The van der Waals surface area contributed by atoms with E-state index in [1.54, 1.807) is 17.0 Å². The zero-order chi connectivity index (χ0) is 20.9. The summed E-state index contributed by atoms with van der Waals surface area (Å²) in [4.78, 5) is 26.6. The number of hydrogen-bond acceptors (Lipinski definition) is 4. The highest BCUT2D eigenvalue weighted by Gasteiger charge is 2.42. The van der Waals surface area contributed by atoms with Crippen LogP contribution in [0, 0.1) is 11.3 Å². The summed E-state index contributed by atoms with van der Waals surface area (Å²) in [6.45, 7) is 1.49. The molecule has 2 aromatic rings. The van der Waals surface area contributed by atoms with Gasteiger partial charge in [0.25, 0.3) is 0 Å². The number of nitriles is 1. The largest absolute Gasteiger partial charge is 0.366 e. The summed E-state index contributed by atoms with van der Waals surface area (Å²) in [6, 6.07) is 16.9. The molecule has 0 aliphatic carbocycles. The monoisotopic (exact) mass is 410 g/mol. The number of benzene rings is 2. The van der Waals surface area contributed by atoms with Crippen LogP contribution in [0.4, 0.5) is 0 Å². The van der Waals surface area contributed by atoms with Crippen molar-refractivity contribution in [2.45, 2.75) is 31.3 Å². The normalized spacial score (nSPS) is 18.2. The molecule has 1 aliphatic rings. The van der Waals surface area contributed by atoms with Gasteiger partial charge >= 0.3 is 0 Å². The number of nitrogens with two attached hydrogens (primary N) is 1. The van der Waals surface area contributed by atoms with Gasteiger partial charge in [0.2, 0.25) is 11.8 Å². The molecule has 6 nitrogen and oxygen atoms in total. The van der Waals surface area contributed by atoms with Crippen LogP contribution in [0.3, 0.4) is 0 Å². The molecule has 3 rings (SSSR count). The number of nitrogens with zero attached hydrogens (tertiary/aromatic N) is 2. The summed E-state index contributed by atoms with van der Waals surface area (Å²) < 4.78 is 0. The van der Waals surface area contributed by atoms with Gasteiger partial charge in [0.1, 0.15) is 5.54 Å². The van der Waals surface area contributed by atoms with E-state index in [1.807, 2.05) is 30.3 Å². The first-order valence-electron chi connectivity index (χ1n) is 9.50. The highest BCUT2D eigenvalue weighted by atomic mass is 35.5. The first-order valence-corrected chi connectivity index (χ1v) is 9.87. The van der Waals surface area contributed by atoms with Crippen molar-refractivity contribution in [3.05, 3.63) is 70.2 Å². The number of carbonyl (C=O) groups is 2. The van der Waals surface area contributed by atoms with Gasteiger partial charge in [-0.1, -0.05) is 48.0 Å². The molecule has 2 amide bonds. The minimum atomic E-state index is -0.876. The molecule has 0 bridgehead atoms. The molecule has 1 aliphatic heterocycles. The molecule has 150 valence electrons. The van der Waals surface area contributed by atoms with Crippen LogP contribution in [-0.4, -0.2) is 35.3 Å². The van der Waals surface area contributed by atoms with E-state index in [-0.39, 0.29) is 12.3 Å². The standard InChI is InChI=1S/C22H23ClN4O2/c23-18-8-6-17(19(12-18)21(25)29)7-9-20(28)27(13-16-4-2-1-3-5-16)22(14-24)10-11-26-15-22/h1-6,8,12,26H,7,9-11,13,15H2,(H2,25,29). The van der Waals surface area contributed by atoms with E-state index in [2.05, 4.69) is 11.4 Å². The number of amides is 2. The summed E-state index contributed by atoms with van der Waals surface area (Å²) in [5.41, 5.74) is 6.53. The first kappa shape index (κ1) is 20.8. The van der Waals surface area contributed by atoms with Crippen LogP contribution in [-0.2, 0) is 17.8 Å². The Morgan fingerprint density at radius 3 is 2.62 bits per heavy atom. The summed E-state index contributed by atoms with van der Waals surface area (Å²) in [7, 11) is 0. The zero-order valence-electron chi connectivity index (χ0n) is 16.0. The minimum absolute atomic E-state index is 0.135. The lowest BCUT2D eigenvalue weighted by Crippen LogP contribution is -2.52. The van der Waals surface area contributed by atoms with Crippen LogP contribution in [0.5, 0.6) is 0 Å². The number of nitrogens with one attached hydrogen (secondary N) is 1. The Bertz CT molecular complexity index is 934. The molecular formula is C22H23ClN4O2. The molecule has 0 aromatic heterocycles. The van der Waals surface area contributed by atoms with Crippen molar-refractivity contribution < 1.29 is 9.59 Å². The molecule has 1 heterocycles. The number of carbonyl (C=O) groups excluding carboxylic acids is 2. The maximum atomic E-state index is 13.2. The van der Waals surface area contributed by atoms with Crippen LogP contribution >= 0.6 is 11.6 Å². The van der Waals surface area contributed by atoms with E-state index in [4.69, 9.17) is 17.3 Å². The third-order valence-electron chi connectivity index (χ3n) is 5.29. The van der Waals surface area contributed by atoms with Crippen molar-refractivity contribution in [1.82, 2.24) is 10.2 Å². The highest BCUT2D eigenvalue weighted by Crippen LogP contribution is 2.27. The van der Waals surface area contributed by atoms with Crippen molar-refractivity contribution in [2.75, 3.05) is 13.1 Å². The fraction of sp³-hybridized carbons (Fsp3) is 0.318. The molecule has 1 fully saturated rings.